The molecule has 134 valence electrons. The zero-order chi connectivity index (χ0) is 18.3. The Labute approximate surface area is 146 Å². The third-order valence-electron chi connectivity index (χ3n) is 2.91. The molecule has 25 heavy (non-hydrogen) atoms. The van der Waals surface area contributed by atoms with Crippen LogP contribution in [0.3, 0.4) is 0 Å². The summed E-state index contributed by atoms with van der Waals surface area (Å²) < 4.78 is 42.0. The van der Waals surface area contributed by atoms with Crippen molar-refractivity contribution in [1.82, 2.24) is 4.98 Å². The van der Waals surface area contributed by atoms with Crippen LogP contribution in [0.2, 0.25) is 0 Å². The molecule has 1 aromatic carbocycles. The van der Waals surface area contributed by atoms with Crippen LogP contribution in [0.1, 0.15) is 23.7 Å². The molecule has 0 aliphatic heterocycles. The summed E-state index contributed by atoms with van der Waals surface area (Å²) in [6.45, 7) is 2.04. The molecule has 0 amide bonds. The lowest BCUT2D eigenvalue weighted by Crippen LogP contribution is -2.11. The second kappa shape index (κ2) is 8.61. The van der Waals surface area contributed by atoms with Crippen LogP contribution in [-0.4, -0.2) is 30.0 Å². The first-order chi connectivity index (χ1) is 11.9. The van der Waals surface area contributed by atoms with Gasteiger partial charge in [-0.05, 0) is 24.1 Å². The number of hydrazone groups is 1. The van der Waals surface area contributed by atoms with E-state index in [-0.39, 0.29) is 18.0 Å². The number of carbonyl (C=O) groups is 1. The number of benzene rings is 1. The molecule has 0 aliphatic carbocycles. The van der Waals surface area contributed by atoms with Crippen LogP contribution >= 0.6 is 11.3 Å². The normalized spacial score (nSPS) is 11.7. The van der Waals surface area contributed by atoms with Gasteiger partial charge in [-0.3, -0.25) is 10.2 Å². The lowest BCUT2D eigenvalue weighted by Gasteiger charge is -2.06. The Morgan fingerprint density at radius 3 is 2.96 bits per heavy atom. The molecule has 5 nitrogen and oxygen atoms in total. The van der Waals surface area contributed by atoms with Crippen molar-refractivity contribution in [3.63, 3.8) is 0 Å². The number of nitrogens with zero attached hydrogens (tertiary/aromatic N) is 2. The van der Waals surface area contributed by atoms with Crippen molar-refractivity contribution >= 4 is 28.7 Å². The molecule has 0 saturated heterocycles. The van der Waals surface area contributed by atoms with Crippen LogP contribution in [-0.2, 0) is 22.4 Å². The van der Waals surface area contributed by atoms with Crippen LogP contribution in [0.15, 0.2) is 34.7 Å². The molecule has 2 aromatic rings. The molecule has 0 unspecified atom stereocenters. The fourth-order valence-corrected chi connectivity index (χ4v) is 2.64. The summed E-state index contributed by atoms with van der Waals surface area (Å²) in [4.78, 5) is 15.5. The van der Waals surface area contributed by atoms with Crippen LogP contribution in [0.5, 0.6) is 0 Å². The zero-order valence-corrected chi connectivity index (χ0v) is 14.2. The van der Waals surface area contributed by atoms with Crippen LogP contribution in [0.25, 0.3) is 0 Å². The number of alkyl halides is 3. The predicted molar refractivity (Wildman–Crippen MR) is 89.9 cm³/mol. The van der Waals surface area contributed by atoms with Crippen molar-refractivity contribution in [2.45, 2.75) is 25.9 Å². The van der Waals surface area contributed by atoms with E-state index in [0.717, 1.165) is 0 Å². The van der Waals surface area contributed by atoms with Crippen molar-refractivity contribution in [3.05, 3.63) is 46.5 Å². The van der Waals surface area contributed by atoms with E-state index in [1.165, 1.54) is 29.7 Å². The molecule has 1 heterocycles. The Morgan fingerprint density at radius 2 is 2.24 bits per heavy atom. The first-order valence-corrected chi connectivity index (χ1v) is 8.28. The maximum absolute atomic E-state index is 12.4. The van der Waals surface area contributed by atoms with E-state index in [9.17, 15) is 18.0 Å². The Balaban J connectivity index is 1.92. The third kappa shape index (κ3) is 6.92. The van der Waals surface area contributed by atoms with Gasteiger partial charge in [0.2, 0.25) is 5.13 Å². The second-order valence-corrected chi connectivity index (χ2v) is 5.89. The number of hydrogen-bond acceptors (Lipinski definition) is 6. The van der Waals surface area contributed by atoms with Gasteiger partial charge in [0, 0.05) is 5.38 Å². The molecule has 0 atom stereocenters. The van der Waals surface area contributed by atoms with E-state index in [1.807, 2.05) is 0 Å². The molecule has 0 fully saturated rings. The number of ether oxygens (including phenoxy) is 1. The number of esters is 1. The summed E-state index contributed by atoms with van der Waals surface area (Å²) in [6.07, 6.45) is -3.74. The summed E-state index contributed by atoms with van der Waals surface area (Å²) in [5.41, 5.74) is 3.96. The van der Waals surface area contributed by atoms with Gasteiger partial charge in [0.1, 0.15) is 0 Å². The number of anilines is 1. The highest BCUT2D eigenvalue weighted by atomic mass is 32.1. The van der Waals surface area contributed by atoms with Crippen LogP contribution in [0, 0.1) is 0 Å². The average molecular weight is 371 g/mol. The molecule has 1 aromatic heterocycles. The Hall–Kier alpha value is -2.42. The van der Waals surface area contributed by atoms with Crippen LogP contribution in [0.4, 0.5) is 18.3 Å². The summed E-state index contributed by atoms with van der Waals surface area (Å²) in [5.74, 6) is -0.357. The Kier molecular flexibility index (Phi) is 6.51. The Morgan fingerprint density at radius 1 is 1.44 bits per heavy atom. The highest BCUT2D eigenvalue weighted by molar-refractivity contribution is 7.13. The highest BCUT2D eigenvalue weighted by Crippen LogP contribution is 2.21. The molecular formula is C16H16F3N3O2S. The number of halogens is 3. The van der Waals surface area contributed by atoms with Crippen molar-refractivity contribution in [2.75, 3.05) is 12.0 Å². The highest BCUT2D eigenvalue weighted by Gasteiger charge is 2.27. The number of aromatic nitrogens is 1. The lowest BCUT2D eigenvalue weighted by molar-refractivity contribution is -0.142. The van der Waals surface area contributed by atoms with Gasteiger partial charge in [0.25, 0.3) is 0 Å². The summed E-state index contributed by atoms with van der Waals surface area (Å²) in [6, 6.07) is 6.04. The summed E-state index contributed by atoms with van der Waals surface area (Å²) in [5, 5.41) is 6.13. The first kappa shape index (κ1) is 18.9. The minimum Gasteiger partial charge on any atom is -0.466 e. The van der Waals surface area contributed by atoms with E-state index in [4.69, 9.17) is 4.74 Å². The number of thiazole rings is 1. The van der Waals surface area contributed by atoms with Gasteiger partial charge >= 0.3 is 12.1 Å². The van der Waals surface area contributed by atoms with Gasteiger partial charge in [-0.25, -0.2) is 4.98 Å². The molecule has 0 aliphatic rings. The number of carbonyl (C=O) groups excluding carboxylic acids is 1. The maximum Gasteiger partial charge on any atom is 0.393 e. The lowest BCUT2D eigenvalue weighted by atomic mass is 10.1. The fraction of sp³-hybridized carbons (Fsp3) is 0.312. The smallest absolute Gasteiger partial charge is 0.393 e. The van der Waals surface area contributed by atoms with Gasteiger partial charge in [-0.15, -0.1) is 11.3 Å². The largest absolute Gasteiger partial charge is 0.466 e. The van der Waals surface area contributed by atoms with Crippen LogP contribution < -0.4 is 5.43 Å². The molecule has 1 N–H and O–H groups in total. The van der Waals surface area contributed by atoms with E-state index >= 15 is 0 Å². The molecule has 0 radical (unpaired) electrons. The predicted octanol–water partition coefficient (Wildman–Crippen LogP) is 3.80. The van der Waals surface area contributed by atoms with Crippen molar-refractivity contribution < 1.29 is 22.7 Å². The van der Waals surface area contributed by atoms with E-state index < -0.39 is 12.6 Å². The van der Waals surface area contributed by atoms with Gasteiger partial charge in [0.05, 0.1) is 31.4 Å². The quantitative estimate of drug-likeness (QED) is 0.457. The van der Waals surface area contributed by atoms with E-state index in [1.54, 1.807) is 24.4 Å². The second-order valence-electron chi connectivity index (χ2n) is 5.03. The molecule has 0 saturated carbocycles. The fourth-order valence-electron chi connectivity index (χ4n) is 1.98. The SMILES string of the molecule is CCOC(=O)Cc1csc(NN=Cc2cccc(CC(F)(F)F)c2)n1. The van der Waals surface area contributed by atoms with E-state index in [0.29, 0.717) is 23.0 Å². The van der Waals surface area contributed by atoms with Gasteiger partial charge in [-0.1, -0.05) is 18.2 Å². The first-order valence-electron chi connectivity index (χ1n) is 7.40. The number of rotatable bonds is 7. The topological polar surface area (TPSA) is 63.6 Å². The zero-order valence-electron chi connectivity index (χ0n) is 13.3. The maximum atomic E-state index is 12.4. The molecular weight excluding hydrogens is 355 g/mol. The molecule has 0 bridgehead atoms. The van der Waals surface area contributed by atoms with Gasteiger partial charge in [-0.2, -0.15) is 18.3 Å². The minimum atomic E-state index is -4.25. The number of hydrogen-bond donors (Lipinski definition) is 1. The number of nitrogens with one attached hydrogen (secondary N) is 1. The monoisotopic (exact) mass is 371 g/mol. The van der Waals surface area contributed by atoms with Gasteiger partial charge < -0.3 is 4.74 Å². The van der Waals surface area contributed by atoms with Crippen molar-refractivity contribution in [2.24, 2.45) is 5.10 Å². The van der Waals surface area contributed by atoms with Crippen molar-refractivity contribution in [3.8, 4) is 0 Å². The third-order valence-corrected chi connectivity index (χ3v) is 3.71. The summed E-state index contributed by atoms with van der Waals surface area (Å²) >= 11 is 1.26. The van der Waals surface area contributed by atoms with Crippen molar-refractivity contribution in [1.29, 1.82) is 0 Å². The summed E-state index contributed by atoms with van der Waals surface area (Å²) in [7, 11) is 0. The van der Waals surface area contributed by atoms with Gasteiger partial charge in [0.15, 0.2) is 0 Å². The standard InChI is InChI=1S/C16H16F3N3O2S/c1-2-24-14(23)7-13-10-25-15(21-13)22-20-9-12-5-3-4-11(6-12)8-16(17,18)19/h3-6,9-10H,2,7-8H2,1H3,(H,21,22). The minimum absolute atomic E-state index is 0.0786. The molecule has 2 rings (SSSR count). The average Bonchev–Trinajstić information content (AvgIpc) is 2.93. The molecule has 0 spiro atoms. The van der Waals surface area contributed by atoms with E-state index in [2.05, 4.69) is 15.5 Å². The molecule has 9 heteroatoms. The Bertz CT molecular complexity index is 744.